The molecule has 21 heavy (non-hydrogen) atoms. The van der Waals surface area contributed by atoms with E-state index in [1.54, 1.807) is 0 Å². The predicted molar refractivity (Wildman–Crippen MR) is 89.3 cm³/mol. The van der Waals surface area contributed by atoms with Gasteiger partial charge in [0.2, 0.25) is 0 Å². The zero-order valence-corrected chi connectivity index (χ0v) is 14.1. The maximum atomic E-state index is 4.86. The van der Waals surface area contributed by atoms with E-state index < -0.39 is 0 Å². The summed E-state index contributed by atoms with van der Waals surface area (Å²) < 4.78 is 0. The molecule has 0 aromatic carbocycles. The third kappa shape index (κ3) is 3.84. The number of rotatable bonds is 4. The van der Waals surface area contributed by atoms with Crippen LogP contribution in [0.1, 0.15) is 44.5 Å². The van der Waals surface area contributed by atoms with Gasteiger partial charge in [0.1, 0.15) is 17.5 Å². The van der Waals surface area contributed by atoms with Crippen LogP contribution in [0.3, 0.4) is 0 Å². The van der Waals surface area contributed by atoms with Crippen molar-refractivity contribution in [2.45, 2.75) is 40.0 Å². The summed E-state index contributed by atoms with van der Waals surface area (Å²) in [4.78, 5) is 14.4. The maximum Gasteiger partial charge on any atom is 0.137 e. The molecule has 2 rings (SSSR count). The molecule has 0 bridgehead atoms. The molecule has 2 heterocycles. The number of nitrogens with one attached hydrogen (secondary N) is 1. The topological polar surface area (TPSA) is 44.3 Å². The van der Waals surface area contributed by atoms with Gasteiger partial charge in [-0.1, -0.05) is 13.8 Å². The number of nitrogens with zero attached hydrogens (tertiary/aromatic N) is 4. The average Bonchev–Trinajstić information content (AvgIpc) is 2.66. The van der Waals surface area contributed by atoms with E-state index >= 15 is 0 Å². The van der Waals surface area contributed by atoms with E-state index in [-0.39, 0.29) is 0 Å². The molecule has 1 aromatic rings. The van der Waals surface area contributed by atoms with Gasteiger partial charge in [0.05, 0.1) is 0 Å². The quantitative estimate of drug-likeness (QED) is 0.923. The van der Waals surface area contributed by atoms with Crippen LogP contribution in [0.15, 0.2) is 0 Å². The first-order valence-electron chi connectivity index (χ1n) is 8.08. The molecular formula is C16H29N5. The van der Waals surface area contributed by atoms with Gasteiger partial charge < -0.3 is 15.1 Å². The van der Waals surface area contributed by atoms with Gasteiger partial charge in [-0.2, -0.15) is 0 Å². The third-order valence-corrected chi connectivity index (χ3v) is 4.02. The largest absolute Gasteiger partial charge is 0.370 e. The van der Waals surface area contributed by atoms with Gasteiger partial charge >= 0.3 is 0 Å². The van der Waals surface area contributed by atoms with Crippen LogP contribution in [0.5, 0.6) is 0 Å². The molecule has 5 heteroatoms. The predicted octanol–water partition coefficient (Wildman–Crippen LogP) is 2.48. The Hall–Kier alpha value is -1.36. The van der Waals surface area contributed by atoms with Crippen molar-refractivity contribution in [1.29, 1.82) is 0 Å². The third-order valence-electron chi connectivity index (χ3n) is 4.02. The normalized spacial score (nSPS) is 17.1. The molecule has 1 fully saturated rings. The van der Waals surface area contributed by atoms with Crippen molar-refractivity contribution in [3.05, 3.63) is 11.4 Å². The van der Waals surface area contributed by atoms with E-state index in [1.165, 1.54) is 12.0 Å². The minimum absolute atomic E-state index is 0.344. The summed E-state index contributed by atoms with van der Waals surface area (Å²) in [6.07, 6.45) is 1.19. The van der Waals surface area contributed by atoms with Crippen LogP contribution in [0.2, 0.25) is 0 Å². The fraction of sp³-hybridized carbons (Fsp3) is 0.750. The Bertz CT molecular complexity index is 472. The van der Waals surface area contributed by atoms with Crippen LogP contribution < -0.4 is 10.2 Å². The van der Waals surface area contributed by atoms with E-state index in [9.17, 15) is 0 Å². The summed E-state index contributed by atoms with van der Waals surface area (Å²) in [6.45, 7) is 13.8. The van der Waals surface area contributed by atoms with E-state index in [2.05, 4.69) is 49.9 Å². The number of hydrogen-bond donors (Lipinski definition) is 1. The second-order valence-corrected chi connectivity index (χ2v) is 6.21. The molecule has 1 aliphatic heterocycles. The molecule has 0 atom stereocenters. The first-order valence-corrected chi connectivity index (χ1v) is 8.08. The second kappa shape index (κ2) is 7.07. The van der Waals surface area contributed by atoms with Crippen molar-refractivity contribution in [2.24, 2.45) is 0 Å². The van der Waals surface area contributed by atoms with Crippen LogP contribution in [0.4, 0.5) is 11.6 Å². The molecular weight excluding hydrogens is 262 g/mol. The first kappa shape index (κ1) is 16.0. The Morgan fingerprint density at radius 3 is 2.57 bits per heavy atom. The zero-order valence-electron chi connectivity index (χ0n) is 14.1. The summed E-state index contributed by atoms with van der Waals surface area (Å²) in [5.41, 5.74) is 1.17. The SMILES string of the molecule is CCNc1nc(C(C)C)nc(N2CCCN(C)CC2)c1C. The van der Waals surface area contributed by atoms with Crippen LogP contribution in [0.25, 0.3) is 0 Å². The molecule has 1 N–H and O–H groups in total. The highest BCUT2D eigenvalue weighted by atomic mass is 15.3. The van der Waals surface area contributed by atoms with E-state index in [4.69, 9.17) is 9.97 Å². The molecule has 0 amide bonds. The summed E-state index contributed by atoms with van der Waals surface area (Å²) in [5.74, 6) is 3.38. The molecule has 0 unspecified atom stereocenters. The second-order valence-electron chi connectivity index (χ2n) is 6.21. The highest BCUT2D eigenvalue weighted by Crippen LogP contribution is 2.26. The number of likely N-dealkylation sites (N-methyl/N-ethyl adjacent to an activating group) is 1. The molecule has 0 aliphatic carbocycles. The highest BCUT2D eigenvalue weighted by Gasteiger charge is 2.19. The van der Waals surface area contributed by atoms with E-state index in [1.807, 2.05) is 0 Å². The first-order chi connectivity index (χ1) is 10.0. The van der Waals surface area contributed by atoms with E-state index in [0.29, 0.717) is 5.92 Å². The lowest BCUT2D eigenvalue weighted by molar-refractivity contribution is 0.360. The lowest BCUT2D eigenvalue weighted by atomic mass is 10.2. The molecule has 0 spiro atoms. The number of anilines is 2. The van der Waals surface area contributed by atoms with Crippen molar-refractivity contribution in [3.8, 4) is 0 Å². The van der Waals surface area contributed by atoms with Crippen molar-refractivity contribution in [1.82, 2.24) is 14.9 Å². The highest BCUT2D eigenvalue weighted by molar-refractivity contribution is 5.59. The Kier molecular flexibility index (Phi) is 5.39. The standard InChI is InChI=1S/C16H29N5/c1-6-17-15-13(4)16(19-14(18-15)12(2)3)21-9-7-8-20(5)10-11-21/h12H,6-11H2,1-5H3,(H,17,18,19). The fourth-order valence-corrected chi connectivity index (χ4v) is 2.69. The van der Waals surface area contributed by atoms with Gasteiger partial charge in [-0.15, -0.1) is 0 Å². The monoisotopic (exact) mass is 291 g/mol. The summed E-state index contributed by atoms with van der Waals surface area (Å²) in [6, 6.07) is 0. The minimum Gasteiger partial charge on any atom is -0.370 e. The molecule has 1 aromatic heterocycles. The Labute approximate surface area is 128 Å². The molecule has 0 radical (unpaired) electrons. The van der Waals surface area contributed by atoms with Crippen molar-refractivity contribution < 1.29 is 0 Å². The molecule has 1 saturated heterocycles. The Balaban J connectivity index is 2.36. The van der Waals surface area contributed by atoms with E-state index in [0.717, 1.165) is 50.2 Å². The van der Waals surface area contributed by atoms with Crippen LogP contribution >= 0.6 is 0 Å². The Morgan fingerprint density at radius 1 is 1.14 bits per heavy atom. The average molecular weight is 291 g/mol. The van der Waals surface area contributed by atoms with Crippen molar-refractivity contribution in [3.63, 3.8) is 0 Å². The summed E-state index contributed by atoms with van der Waals surface area (Å²) in [7, 11) is 2.19. The fourth-order valence-electron chi connectivity index (χ4n) is 2.69. The van der Waals surface area contributed by atoms with Gasteiger partial charge in [0.25, 0.3) is 0 Å². The molecule has 118 valence electrons. The van der Waals surface area contributed by atoms with Gasteiger partial charge in [-0.25, -0.2) is 9.97 Å². The van der Waals surface area contributed by atoms with Crippen molar-refractivity contribution in [2.75, 3.05) is 50.0 Å². The van der Waals surface area contributed by atoms with Gasteiger partial charge in [0, 0.05) is 37.7 Å². The number of hydrogen-bond acceptors (Lipinski definition) is 5. The van der Waals surface area contributed by atoms with Crippen LogP contribution in [-0.4, -0.2) is 54.6 Å². The van der Waals surface area contributed by atoms with Crippen molar-refractivity contribution >= 4 is 11.6 Å². The molecule has 0 saturated carbocycles. The molecule has 1 aliphatic rings. The summed E-state index contributed by atoms with van der Waals surface area (Å²) >= 11 is 0. The lowest BCUT2D eigenvalue weighted by Crippen LogP contribution is -2.30. The number of aromatic nitrogens is 2. The summed E-state index contributed by atoms with van der Waals surface area (Å²) in [5, 5.41) is 3.39. The maximum absolute atomic E-state index is 4.86. The molecule has 5 nitrogen and oxygen atoms in total. The van der Waals surface area contributed by atoms with Gasteiger partial charge in [0.15, 0.2) is 0 Å². The van der Waals surface area contributed by atoms with Crippen LogP contribution in [0, 0.1) is 6.92 Å². The lowest BCUT2D eigenvalue weighted by Gasteiger charge is -2.25. The zero-order chi connectivity index (χ0) is 15.4. The van der Waals surface area contributed by atoms with Crippen LogP contribution in [-0.2, 0) is 0 Å². The minimum atomic E-state index is 0.344. The Morgan fingerprint density at radius 2 is 1.90 bits per heavy atom. The van der Waals surface area contributed by atoms with Gasteiger partial charge in [-0.05, 0) is 33.9 Å². The smallest absolute Gasteiger partial charge is 0.137 e. The van der Waals surface area contributed by atoms with Gasteiger partial charge in [-0.3, -0.25) is 0 Å².